The maximum atomic E-state index is 12.8. The number of anilines is 1. The Bertz CT molecular complexity index is 625. The van der Waals surface area contributed by atoms with Gasteiger partial charge in [0.15, 0.2) is 0 Å². The third-order valence-electron chi connectivity index (χ3n) is 3.36. The van der Waals surface area contributed by atoms with Gasteiger partial charge in [-0.25, -0.2) is 4.39 Å². The molecule has 2 aromatic rings. The Balaban J connectivity index is 1.64. The fourth-order valence-corrected chi connectivity index (χ4v) is 2.37. The van der Waals surface area contributed by atoms with E-state index in [1.165, 1.54) is 12.1 Å². The molecule has 0 fully saturated rings. The maximum Gasteiger partial charge on any atom is 0.225 e. The molecule has 3 rings (SSSR count). The SMILES string of the molecule is O=C(CC1COc2ccccc21)Nc1ccc(F)cc1. The summed E-state index contributed by atoms with van der Waals surface area (Å²) >= 11 is 0. The zero-order valence-electron chi connectivity index (χ0n) is 10.8. The van der Waals surface area contributed by atoms with Gasteiger partial charge in [0.1, 0.15) is 11.6 Å². The van der Waals surface area contributed by atoms with Crippen molar-refractivity contribution in [2.24, 2.45) is 0 Å². The Hall–Kier alpha value is -2.36. The van der Waals surface area contributed by atoms with E-state index < -0.39 is 0 Å². The lowest BCUT2D eigenvalue weighted by Gasteiger charge is -2.09. The molecule has 20 heavy (non-hydrogen) atoms. The second-order valence-corrected chi connectivity index (χ2v) is 4.80. The average Bonchev–Trinajstić information content (AvgIpc) is 2.85. The number of benzene rings is 2. The molecule has 1 aliphatic heterocycles. The molecule has 1 unspecified atom stereocenters. The van der Waals surface area contributed by atoms with Crippen LogP contribution in [-0.2, 0) is 4.79 Å². The summed E-state index contributed by atoms with van der Waals surface area (Å²) in [5.74, 6) is 0.516. The molecule has 0 saturated carbocycles. The number of carbonyl (C=O) groups is 1. The van der Waals surface area contributed by atoms with Crippen molar-refractivity contribution in [3.8, 4) is 5.75 Å². The van der Waals surface area contributed by atoms with Crippen LogP contribution in [0.1, 0.15) is 17.9 Å². The van der Waals surface area contributed by atoms with Crippen molar-refractivity contribution in [3.05, 3.63) is 59.9 Å². The smallest absolute Gasteiger partial charge is 0.225 e. The first-order valence-corrected chi connectivity index (χ1v) is 6.49. The molecule has 1 atom stereocenters. The molecular weight excluding hydrogens is 257 g/mol. The highest BCUT2D eigenvalue weighted by Gasteiger charge is 2.25. The van der Waals surface area contributed by atoms with Crippen LogP contribution in [0.2, 0.25) is 0 Å². The minimum absolute atomic E-state index is 0.0756. The van der Waals surface area contributed by atoms with Crippen LogP contribution >= 0.6 is 0 Å². The highest BCUT2D eigenvalue weighted by Crippen LogP contribution is 2.35. The Morgan fingerprint density at radius 2 is 1.95 bits per heavy atom. The van der Waals surface area contributed by atoms with Crippen LogP contribution in [0.3, 0.4) is 0 Å². The third-order valence-corrected chi connectivity index (χ3v) is 3.36. The molecular formula is C16H14FNO2. The predicted molar refractivity (Wildman–Crippen MR) is 74.3 cm³/mol. The van der Waals surface area contributed by atoms with E-state index in [4.69, 9.17) is 4.74 Å². The molecule has 1 amide bonds. The van der Waals surface area contributed by atoms with Gasteiger partial charge in [0.05, 0.1) is 6.61 Å². The number of amides is 1. The summed E-state index contributed by atoms with van der Waals surface area (Å²) in [6, 6.07) is 13.5. The van der Waals surface area contributed by atoms with Gasteiger partial charge in [0.25, 0.3) is 0 Å². The standard InChI is InChI=1S/C16H14FNO2/c17-12-5-7-13(8-6-12)18-16(19)9-11-10-20-15-4-2-1-3-14(11)15/h1-8,11H,9-10H2,(H,18,19). The molecule has 0 aromatic heterocycles. The summed E-state index contributed by atoms with van der Waals surface area (Å²) in [4.78, 5) is 12.0. The summed E-state index contributed by atoms with van der Waals surface area (Å²) in [7, 11) is 0. The lowest BCUT2D eigenvalue weighted by molar-refractivity contribution is -0.116. The minimum Gasteiger partial charge on any atom is -0.493 e. The highest BCUT2D eigenvalue weighted by molar-refractivity contribution is 5.91. The topological polar surface area (TPSA) is 38.3 Å². The van der Waals surface area contributed by atoms with Crippen molar-refractivity contribution in [1.82, 2.24) is 0 Å². The number of ether oxygens (including phenoxy) is 1. The molecule has 1 aliphatic rings. The van der Waals surface area contributed by atoms with Crippen LogP contribution < -0.4 is 10.1 Å². The number of fused-ring (bicyclic) bond motifs is 1. The van der Waals surface area contributed by atoms with Crippen molar-refractivity contribution >= 4 is 11.6 Å². The zero-order chi connectivity index (χ0) is 13.9. The Labute approximate surface area is 116 Å². The number of nitrogens with one attached hydrogen (secondary N) is 1. The molecule has 1 heterocycles. The summed E-state index contributed by atoms with van der Waals surface area (Å²) in [5.41, 5.74) is 1.67. The Morgan fingerprint density at radius 3 is 2.75 bits per heavy atom. The monoisotopic (exact) mass is 271 g/mol. The zero-order valence-corrected chi connectivity index (χ0v) is 10.8. The first-order valence-electron chi connectivity index (χ1n) is 6.49. The van der Waals surface area contributed by atoms with Gasteiger partial charge in [-0.1, -0.05) is 18.2 Å². The number of hydrogen-bond acceptors (Lipinski definition) is 2. The minimum atomic E-state index is -0.318. The highest BCUT2D eigenvalue weighted by atomic mass is 19.1. The Morgan fingerprint density at radius 1 is 1.20 bits per heavy atom. The van der Waals surface area contributed by atoms with Crippen molar-refractivity contribution in [2.45, 2.75) is 12.3 Å². The van der Waals surface area contributed by atoms with Gasteiger partial charge in [-0.3, -0.25) is 4.79 Å². The summed E-state index contributed by atoms with van der Waals surface area (Å²) < 4.78 is 18.3. The molecule has 0 saturated heterocycles. The summed E-state index contributed by atoms with van der Waals surface area (Å²) in [6.45, 7) is 0.524. The van der Waals surface area contributed by atoms with Gasteiger partial charge >= 0.3 is 0 Å². The normalized spacial score (nSPS) is 16.4. The van der Waals surface area contributed by atoms with Crippen molar-refractivity contribution in [2.75, 3.05) is 11.9 Å². The van der Waals surface area contributed by atoms with Crippen molar-refractivity contribution < 1.29 is 13.9 Å². The number of hydrogen-bond donors (Lipinski definition) is 1. The van der Waals surface area contributed by atoms with E-state index in [1.807, 2.05) is 24.3 Å². The van der Waals surface area contributed by atoms with E-state index in [-0.39, 0.29) is 17.6 Å². The van der Waals surface area contributed by atoms with E-state index >= 15 is 0 Å². The van der Waals surface area contributed by atoms with Gasteiger partial charge in [0.2, 0.25) is 5.91 Å². The van der Waals surface area contributed by atoms with Crippen LogP contribution in [0.25, 0.3) is 0 Å². The molecule has 0 bridgehead atoms. The number of para-hydroxylation sites is 1. The van der Waals surface area contributed by atoms with Crippen molar-refractivity contribution in [3.63, 3.8) is 0 Å². The second kappa shape index (κ2) is 5.33. The quantitative estimate of drug-likeness (QED) is 0.929. The van der Waals surface area contributed by atoms with E-state index in [1.54, 1.807) is 12.1 Å². The third kappa shape index (κ3) is 2.64. The van der Waals surface area contributed by atoms with Gasteiger partial charge in [-0.05, 0) is 30.3 Å². The molecule has 0 spiro atoms. The Kier molecular flexibility index (Phi) is 3.37. The number of rotatable bonds is 3. The molecule has 1 N–H and O–H groups in total. The van der Waals surface area contributed by atoms with Crippen LogP contribution in [0.5, 0.6) is 5.75 Å². The largest absolute Gasteiger partial charge is 0.493 e. The lowest BCUT2D eigenvalue weighted by atomic mass is 9.97. The van der Waals surface area contributed by atoms with Crippen LogP contribution in [0, 0.1) is 5.82 Å². The first-order chi connectivity index (χ1) is 9.72. The molecule has 0 aliphatic carbocycles. The molecule has 2 aromatic carbocycles. The fourth-order valence-electron chi connectivity index (χ4n) is 2.37. The molecule has 0 radical (unpaired) electrons. The first kappa shape index (κ1) is 12.7. The average molecular weight is 271 g/mol. The molecule has 4 heteroatoms. The predicted octanol–water partition coefficient (Wildman–Crippen LogP) is 3.33. The van der Waals surface area contributed by atoms with Crippen molar-refractivity contribution in [1.29, 1.82) is 0 Å². The van der Waals surface area contributed by atoms with E-state index in [0.29, 0.717) is 18.7 Å². The van der Waals surface area contributed by atoms with E-state index in [2.05, 4.69) is 5.32 Å². The summed E-state index contributed by atoms with van der Waals surface area (Å²) in [5, 5.41) is 2.77. The second-order valence-electron chi connectivity index (χ2n) is 4.80. The number of halogens is 1. The van der Waals surface area contributed by atoms with E-state index in [9.17, 15) is 9.18 Å². The number of carbonyl (C=O) groups excluding carboxylic acids is 1. The van der Waals surface area contributed by atoms with E-state index in [0.717, 1.165) is 11.3 Å². The fraction of sp³-hybridized carbons (Fsp3) is 0.188. The van der Waals surface area contributed by atoms with Gasteiger partial charge in [-0.2, -0.15) is 0 Å². The molecule has 3 nitrogen and oxygen atoms in total. The van der Waals surface area contributed by atoms with Crippen LogP contribution in [0.15, 0.2) is 48.5 Å². The molecule has 102 valence electrons. The summed E-state index contributed by atoms with van der Waals surface area (Å²) in [6.07, 6.45) is 0.356. The van der Waals surface area contributed by atoms with Gasteiger partial charge in [-0.15, -0.1) is 0 Å². The van der Waals surface area contributed by atoms with Gasteiger partial charge in [0, 0.05) is 23.6 Å². The lowest BCUT2D eigenvalue weighted by Crippen LogP contribution is -2.16. The van der Waals surface area contributed by atoms with Gasteiger partial charge < -0.3 is 10.1 Å². The van der Waals surface area contributed by atoms with Crippen LogP contribution in [0.4, 0.5) is 10.1 Å². The maximum absolute atomic E-state index is 12.8. The van der Waals surface area contributed by atoms with Crippen LogP contribution in [-0.4, -0.2) is 12.5 Å².